The summed E-state index contributed by atoms with van der Waals surface area (Å²) in [5.41, 5.74) is 3.65. The van der Waals surface area contributed by atoms with Crippen LogP contribution in [0, 0.1) is 6.92 Å². The number of aromatic nitrogens is 1. The zero-order valence-electron chi connectivity index (χ0n) is 14.6. The minimum absolute atomic E-state index is 0.0300. The van der Waals surface area contributed by atoms with Gasteiger partial charge in [0.05, 0.1) is 24.9 Å². The van der Waals surface area contributed by atoms with Gasteiger partial charge in [-0.3, -0.25) is 9.59 Å². The lowest BCUT2D eigenvalue weighted by Gasteiger charge is -2.38. The lowest BCUT2D eigenvalue weighted by molar-refractivity contribution is -0.156. The molecule has 0 spiro atoms. The third kappa shape index (κ3) is 3.66. The Morgan fingerprint density at radius 3 is 2.56 bits per heavy atom. The van der Waals surface area contributed by atoms with Crippen LogP contribution in [0.1, 0.15) is 23.1 Å². The molecule has 1 fully saturated rings. The van der Waals surface area contributed by atoms with Gasteiger partial charge in [0.1, 0.15) is 18.3 Å². The van der Waals surface area contributed by atoms with Crippen LogP contribution >= 0.6 is 11.3 Å². The molecule has 0 radical (unpaired) electrons. The molecule has 25 heavy (non-hydrogen) atoms. The second-order valence-electron chi connectivity index (χ2n) is 6.10. The molecular formula is C18H21N3O3S. The molecule has 2 heterocycles. The number of methoxy groups -OCH3 is 1. The zero-order chi connectivity index (χ0) is 18.0. The molecule has 7 heteroatoms. The van der Waals surface area contributed by atoms with Crippen molar-refractivity contribution in [3.05, 3.63) is 45.9 Å². The summed E-state index contributed by atoms with van der Waals surface area (Å²) in [7, 11) is 1.61. The number of benzene rings is 1. The van der Waals surface area contributed by atoms with E-state index in [0.717, 1.165) is 21.9 Å². The smallest absolute Gasteiger partial charge is 0.245 e. The molecule has 1 saturated heterocycles. The summed E-state index contributed by atoms with van der Waals surface area (Å²) < 4.78 is 5.14. The van der Waals surface area contributed by atoms with Crippen molar-refractivity contribution in [2.24, 2.45) is 0 Å². The highest BCUT2D eigenvalue weighted by molar-refractivity contribution is 7.09. The Bertz CT molecular complexity index is 772. The van der Waals surface area contributed by atoms with E-state index in [9.17, 15) is 9.59 Å². The Kier molecular flexibility index (Phi) is 5.03. The molecule has 2 amide bonds. The topological polar surface area (TPSA) is 62.7 Å². The van der Waals surface area contributed by atoms with Gasteiger partial charge in [-0.25, -0.2) is 4.98 Å². The van der Waals surface area contributed by atoms with Crippen LogP contribution in [-0.2, 0) is 22.7 Å². The summed E-state index contributed by atoms with van der Waals surface area (Å²) in [6, 6.07) is 7.06. The van der Waals surface area contributed by atoms with Crippen molar-refractivity contribution in [2.75, 3.05) is 13.7 Å². The molecule has 1 atom stereocenters. The van der Waals surface area contributed by atoms with E-state index >= 15 is 0 Å². The largest absolute Gasteiger partial charge is 0.497 e. The minimum Gasteiger partial charge on any atom is -0.497 e. The van der Waals surface area contributed by atoms with Gasteiger partial charge in [-0.2, -0.15) is 0 Å². The normalized spacial score (nSPS) is 18.0. The zero-order valence-corrected chi connectivity index (χ0v) is 15.4. The average molecular weight is 359 g/mol. The van der Waals surface area contributed by atoms with E-state index in [1.807, 2.05) is 31.2 Å². The first-order valence-electron chi connectivity index (χ1n) is 8.09. The molecule has 3 rings (SSSR count). The molecular weight excluding hydrogens is 338 g/mol. The van der Waals surface area contributed by atoms with Crippen LogP contribution in [-0.4, -0.2) is 46.3 Å². The number of hydrogen-bond acceptors (Lipinski definition) is 5. The number of amides is 2. The first-order chi connectivity index (χ1) is 12.0. The van der Waals surface area contributed by atoms with Crippen LogP contribution in [0.5, 0.6) is 5.75 Å². The fourth-order valence-electron chi connectivity index (χ4n) is 2.89. The Morgan fingerprint density at radius 2 is 1.96 bits per heavy atom. The maximum Gasteiger partial charge on any atom is 0.245 e. The highest BCUT2D eigenvalue weighted by Crippen LogP contribution is 2.22. The van der Waals surface area contributed by atoms with E-state index in [1.54, 1.807) is 29.3 Å². The fraction of sp³-hybridized carbons (Fsp3) is 0.389. The molecule has 1 aromatic carbocycles. The Morgan fingerprint density at radius 1 is 1.24 bits per heavy atom. The van der Waals surface area contributed by atoms with Crippen molar-refractivity contribution in [3.63, 3.8) is 0 Å². The molecule has 0 N–H and O–H groups in total. The molecule has 0 saturated carbocycles. The van der Waals surface area contributed by atoms with Crippen molar-refractivity contribution in [1.29, 1.82) is 0 Å². The predicted octanol–water partition coefficient (Wildman–Crippen LogP) is 2.22. The molecule has 1 aliphatic rings. The molecule has 1 aliphatic heterocycles. The number of ether oxygens (including phenoxy) is 1. The number of aryl methyl sites for hydroxylation is 1. The van der Waals surface area contributed by atoms with Crippen molar-refractivity contribution in [3.8, 4) is 5.75 Å². The highest BCUT2D eigenvalue weighted by Gasteiger charge is 2.36. The summed E-state index contributed by atoms with van der Waals surface area (Å²) in [6.45, 7) is 4.68. The molecule has 1 aromatic heterocycles. The summed E-state index contributed by atoms with van der Waals surface area (Å²) in [6.07, 6.45) is 0. The Labute approximate surface area is 151 Å². The number of carbonyl (C=O) groups is 2. The van der Waals surface area contributed by atoms with Gasteiger partial charge in [-0.05, 0) is 31.5 Å². The Hall–Kier alpha value is -2.41. The van der Waals surface area contributed by atoms with Crippen molar-refractivity contribution < 1.29 is 14.3 Å². The van der Waals surface area contributed by atoms with Gasteiger partial charge in [-0.1, -0.05) is 12.1 Å². The average Bonchev–Trinajstić information content (AvgIpc) is 3.02. The van der Waals surface area contributed by atoms with Crippen LogP contribution in [0.2, 0.25) is 0 Å². The molecule has 2 aromatic rings. The van der Waals surface area contributed by atoms with E-state index in [0.29, 0.717) is 13.1 Å². The summed E-state index contributed by atoms with van der Waals surface area (Å²) in [5, 5.41) is 0. The van der Waals surface area contributed by atoms with Crippen molar-refractivity contribution >= 4 is 23.2 Å². The minimum atomic E-state index is -0.471. The number of hydrogen-bond donors (Lipinski definition) is 0. The molecule has 0 aliphatic carbocycles. The molecule has 132 valence electrons. The monoisotopic (exact) mass is 359 g/mol. The lowest BCUT2D eigenvalue weighted by Crippen LogP contribution is -2.57. The van der Waals surface area contributed by atoms with Crippen molar-refractivity contribution in [1.82, 2.24) is 14.8 Å². The van der Waals surface area contributed by atoms with E-state index < -0.39 is 6.04 Å². The quantitative estimate of drug-likeness (QED) is 0.821. The maximum atomic E-state index is 12.7. The molecule has 0 bridgehead atoms. The molecule has 6 nitrogen and oxygen atoms in total. The number of thiazole rings is 1. The third-order valence-electron chi connectivity index (χ3n) is 4.47. The van der Waals surface area contributed by atoms with Gasteiger partial charge < -0.3 is 14.5 Å². The van der Waals surface area contributed by atoms with E-state index in [1.165, 1.54) is 11.3 Å². The van der Waals surface area contributed by atoms with Crippen LogP contribution in [0.15, 0.2) is 29.8 Å². The van der Waals surface area contributed by atoms with E-state index in [-0.39, 0.29) is 18.4 Å². The van der Waals surface area contributed by atoms with Crippen molar-refractivity contribution in [2.45, 2.75) is 33.0 Å². The second-order valence-corrected chi connectivity index (χ2v) is 7.04. The van der Waals surface area contributed by atoms with E-state index in [4.69, 9.17) is 4.74 Å². The predicted molar refractivity (Wildman–Crippen MR) is 95.3 cm³/mol. The number of carbonyl (C=O) groups excluding carboxylic acids is 2. The Balaban J connectivity index is 1.70. The van der Waals surface area contributed by atoms with Crippen LogP contribution < -0.4 is 4.74 Å². The van der Waals surface area contributed by atoms with Crippen LogP contribution in [0.4, 0.5) is 0 Å². The first-order valence-corrected chi connectivity index (χ1v) is 8.97. The third-order valence-corrected chi connectivity index (χ3v) is 5.39. The lowest BCUT2D eigenvalue weighted by atomic mass is 10.1. The first kappa shape index (κ1) is 17.4. The van der Waals surface area contributed by atoms with Gasteiger partial charge in [0.2, 0.25) is 11.8 Å². The number of nitrogens with zero attached hydrogens (tertiary/aromatic N) is 3. The SMILES string of the molecule is COc1ccc(CN2CC(=O)N(Cc3scnc3C)[C@@H](C)C2=O)cc1. The summed E-state index contributed by atoms with van der Waals surface area (Å²) >= 11 is 1.51. The molecule has 0 unspecified atom stereocenters. The second kappa shape index (κ2) is 7.23. The fourth-order valence-corrected chi connectivity index (χ4v) is 3.66. The van der Waals surface area contributed by atoms with Gasteiger partial charge in [0.15, 0.2) is 0 Å². The maximum absolute atomic E-state index is 12.7. The number of rotatable bonds is 5. The van der Waals surface area contributed by atoms with Gasteiger partial charge >= 0.3 is 0 Å². The van der Waals surface area contributed by atoms with Gasteiger partial charge in [0.25, 0.3) is 0 Å². The summed E-state index contributed by atoms with van der Waals surface area (Å²) in [5.74, 6) is 0.704. The van der Waals surface area contributed by atoms with E-state index in [2.05, 4.69) is 4.98 Å². The standard InChI is InChI=1S/C18H21N3O3S/c1-12-16(25-11-19-12)9-21-13(2)18(23)20(10-17(21)22)8-14-4-6-15(24-3)7-5-14/h4-7,11,13H,8-10H2,1-3H3/t13-/m0/s1. The summed E-state index contributed by atoms with van der Waals surface area (Å²) in [4.78, 5) is 33.8. The number of piperazine rings is 1. The van der Waals surface area contributed by atoms with Crippen LogP contribution in [0.3, 0.4) is 0 Å². The highest BCUT2D eigenvalue weighted by atomic mass is 32.1. The van der Waals surface area contributed by atoms with Gasteiger partial charge in [0, 0.05) is 11.4 Å². The van der Waals surface area contributed by atoms with Crippen LogP contribution in [0.25, 0.3) is 0 Å². The van der Waals surface area contributed by atoms with Gasteiger partial charge in [-0.15, -0.1) is 11.3 Å².